The molecular weight excluding hydrogens is 318 g/mol. The maximum absolute atomic E-state index is 11.3. The van der Waals surface area contributed by atoms with Crippen LogP contribution in [0.2, 0.25) is 0 Å². The maximum Gasteiger partial charge on any atom is 0.225 e. The number of primary amides is 1. The van der Waals surface area contributed by atoms with Gasteiger partial charge in [-0.2, -0.15) is 0 Å². The zero-order valence-electron chi connectivity index (χ0n) is 14.1. The summed E-state index contributed by atoms with van der Waals surface area (Å²) in [6.07, 6.45) is 0.0549. The molecule has 0 aliphatic heterocycles. The number of rotatable bonds is 6. The van der Waals surface area contributed by atoms with Crippen molar-refractivity contribution in [2.24, 2.45) is 5.73 Å². The summed E-state index contributed by atoms with van der Waals surface area (Å²) >= 11 is 0. The molecule has 128 valence electrons. The third kappa shape index (κ3) is 3.63. The topological polar surface area (TPSA) is 90.2 Å². The number of hydrogen-bond acceptors (Lipinski definition) is 4. The lowest BCUT2D eigenvalue weighted by Gasteiger charge is -2.06. The number of imidazole rings is 1. The van der Waals surface area contributed by atoms with Crippen molar-refractivity contribution in [1.82, 2.24) is 9.97 Å². The number of nitrogens with one attached hydrogen (secondary N) is 1. The summed E-state index contributed by atoms with van der Waals surface area (Å²) in [5.41, 5.74) is 8.74. The van der Waals surface area contributed by atoms with Crippen molar-refractivity contribution >= 4 is 5.91 Å². The maximum atomic E-state index is 11.3. The van der Waals surface area contributed by atoms with E-state index in [0.717, 1.165) is 34.0 Å². The fourth-order valence-corrected chi connectivity index (χ4v) is 2.60. The molecule has 2 aromatic carbocycles. The van der Waals surface area contributed by atoms with Crippen molar-refractivity contribution in [1.29, 1.82) is 0 Å². The molecule has 1 amide bonds. The van der Waals surface area contributed by atoms with E-state index >= 15 is 0 Å². The van der Waals surface area contributed by atoms with Gasteiger partial charge in [-0.3, -0.25) is 4.79 Å². The van der Waals surface area contributed by atoms with Crippen LogP contribution in [0.5, 0.6) is 11.5 Å². The molecule has 0 unspecified atom stereocenters. The Hall–Kier alpha value is -3.28. The molecule has 0 fully saturated rings. The van der Waals surface area contributed by atoms with Crippen LogP contribution in [0.4, 0.5) is 0 Å². The molecule has 0 bridgehead atoms. The van der Waals surface area contributed by atoms with Gasteiger partial charge in [-0.05, 0) is 48.5 Å². The molecule has 6 heteroatoms. The largest absolute Gasteiger partial charge is 0.497 e. The molecule has 25 heavy (non-hydrogen) atoms. The quantitative estimate of drug-likeness (QED) is 0.724. The van der Waals surface area contributed by atoms with Crippen LogP contribution in [0, 0.1) is 0 Å². The number of aromatic amines is 1. The first kappa shape index (κ1) is 16.6. The third-order valence-corrected chi connectivity index (χ3v) is 3.84. The number of methoxy groups -OCH3 is 2. The van der Waals surface area contributed by atoms with Crippen LogP contribution < -0.4 is 15.2 Å². The Morgan fingerprint density at radius 2 is 1.48 bits per heavy atom. The monoisotopic (exact) mass is 337 g/mol. The Labute approximate surface area is 145 Å². The Morgan fingerprint density at radius 1 is 0.960 bits per heavy atom. The molecule has 6 nitrogen and oxygen atoms in total. The molecule has 3 rings (SSSR count). The number of benzene rings is 2. The van der Waals surface area contributed by atoms with Gasteiger partial charge in [-0.1, -0.05) is 0 Å². The van der Waals surface area contributed by atoms with Crippen molar-refractivity contribution in [3.63, 3.8) is 0 Å². The first-order chi connectivity index (χ1) is 12.1. The molecule has 0 saturated heterocycles. The number of ether oxygens (including phenoxy) is 2. The number of carbonyl (C=O) groups is 1. The van der Waals surface area contributed by atoms with Gasteiger partial charge in [0.25, 0.3) is 0 Å². The molecule has 3 N–H and O–H groups in total. The fraction of sp³-hybridized carbons (Fsp3) is 0.158. The summed E-state index contributed by atoms with van der Waals surface area (Å²) in [5, 5.41) is 0. The minimum Gasteiger partial charge on any atom is -0.497 e. The van der Waals surface area contributed by atoms with Gasteiger partial charge in [0.2, 0.25) is 5.91 Å². The van der Waals surface area contributed by atoms with Gasteiger partial charge in [-0.25, -0.2) is 4.98 Å². The van der Waals surface area contributed by atoms with E-state index in [9.17, 15) is 4.79 Å². The van der Waals surface area contributed by atoms with Crippen LogP contribution in [-0.4, -0.2) is 30.1 Å². The van der Waals surface area contributed by atoms with E-state index < -0.39 is 5.91 Å². The highest BCUT2D eigenvalue weighted by Crippen LogP contribution is 2.32. The molecule has 0 aliphatic rings. The predicted molar refractivity (Wildman–Crippen MR) is 95.5 cm³/mol. The molecule has 0 atom stereocenters. The summed E-state index contributed by atoms with van der Waals surface area (Å²) in [7, 11) is 3.25. The average Bonchev–Trinajstić information content (AvgIpc) is 3.05. The van der Waals surface area contributed by atoms with E-state index in [-0.39, 0.29) is 6.42 Å². The molecule has 3 aromatic rings. The second-order valence-electron chi connectivity index (χ2n) is 5.51. The van der Waals surface area contributed by atoms with Gasteiger partial charge in [0.1, 0.15) is 17.3 Å². The molecule has 1 aromatic heterocycles. The van der Waals surface area contributed by atoms with Crippen LogP contribution >= 0.6 is 0 Å². The summed E-state index contributed by atoms with van der Waals surface area (Å²) in [6.45, 7) is 0. The van der Waals surface area contributed by atoms with E-state index in [1.807, 2.05) is 48.5 Å². The summed E-state index contributed by atoms with van der Waals surface area (Å²) in [5.74, 6) is 1.63. The van der Waals surface area contributed by atoms with Crippen LogP contribution in [0.15, 0.2) is 48.5 Å². The zero-order valence-corrected chi connectivity index (χ0v) is 14.1. The zero-order chi connectivity index (χ0) is 17.8. The Morgan fingerprint density at radius 3 is 1.96 bits per heavy atom. The summed E-state index contributed by atoms with van der Waals surface area (Å²) in [4.78, 5) is 19.0. The van der Waals surface area contributed by atoms with Gasteiger partial charge < -0.3 is 20.2 Å². The van der Waals surface area contributed by atoms with Crippen LogP contribution in [-0.2, 0) is 11.2 Å². The molecule has 0 radical (unpaired) electrons. The number of amides is 1. The van der Waals surface area contributed by atoms with Crippen molar-refractivity contribution in [2.45, 2.75) is 6.42 Å². The van der Waals surface area contributed by atoms with E-state index in [1.54, 1.807) is 14.2 Å². The normalized spacial score (nSPS) is 10.5. The third-order valence-electron chi connectivity index (χ3n) is 3.84. The van der Waals surface area contributed by atoms with Gasteiger partial charge in [0.05, 0.1) is 32.0 Å². The highest BCUT2D eigenvalue weighted by molar-refractivity contribution is 5.81. The Balaban J connectivity index is 2.07. The Bertz CT molecular complexity index is 803. The van der Waals surface area contributed by atoms with Gasteiger partial charge in [-0.15, -0.1) is 0 Å². The summed E-state index contributed by atoms with van der Waals surface area (Å²) in [6, 6.07) is 15.2. The van der Waals surface area contributed by atoms with Gasteiger partial charge in [0, 0.05) is 11.1 Å². The first-order valence-corrected chi connectivity index (χ1v) is 7.76. The predicted octanol–water partition coefficient (Wildman–Crippen LogP) is 2.79. The molecule has 0 aliphatic carbocycles. The SMILES string of the molecule is COc1ccc(-c2nc(CC(N)=O)[nH]c2-c2ccc(OC)cc2)cc1. The lowest BCUT2D eigenvalue weighted by molar-refractivity contribution is -0.117. The van der Waals surface area contributed by atoms with Crippen molar-refractivity contribution in [3.05, 3.63) is 54.4 Å². The number of nitrogens with two attached hydrogens (primary N) is 1. The lowest BCUT2D eigenvalue weighted by atomic mass is 10.0. The van der Waals surface area contributed by atoms with Crippen LogP contribution in [0.1, 0.15) is 5.82 Å². The van der Waals surface area contributed by atoms with E-state index in [1.165, 1.54) is 0 Å². The molecule has 0 saturated carbocycles. The lowest BCUT2D eigenvalue weighted by Crippen LogP contribution is -2.14. The average molecular weight is 337 g/mol. The fourth-order valence-electron chi connectivity index (χ4n) is 2.60. The number of carbonyl (C=O) groups excluding carboxylic acids is 1. The van der Waals surface area contributed by atoms with Crippen LogP contribution in [0.3, 0.4) is 0 Å². The van der Waals surface area contributed by atoms with Crippen molar-refractivity contribution < 1.29 is 14.3 Å². The number of nitrogens with zero attached hydrogens (tertiary/aromatic N) is 1. The van der Waals surface area contributed by atoms with Crippen molar-refractivity contribution in [2.75, 3.05) is 14.2 Å². The van der Waals surface area contributed by atoms with Crippen LogP contribution in [0.25, 0.3) is 22.5 Å². The standard InChI is InChI=1S/C19H19N3O3/c1-24-14-7-3-12(4-8-14)18-19(22-17(21-18)11-16(20)23)13-5-9-15(25-2)10-6-13/h3-10H,11H2,1-2H3,(H2,20,23)(H,21,22). The minimum atomic E-state index is -0.434. The molecule has 1 heterocycles. The van der Waals surface area contributed by atoms with Gasteiger partial charge >= 0.3 is 0 Å². The molecule has 0 spiro atoms. The van der Waals surface area contributed by atoms with E-state index in [0.29, 0.717) is 5.82 Å². The first-order valence-electron chi connectivity index (χ1n) is 7.76. The number of hydrogen-bond donors (Lipinski definition) is 2. The van der Waals surface area contributed by atoms with Gasteiger partial charge in [0.15, 0.2) is 0 Å². The minimum absolute atomic E-state index is 0.0549. The van der Waals surface area contributed by atoms with E-state index in [4.69, 9.17) is 15.2 Å². The highest BCUT2D eigenvalue weighted by atomic mass is 16.5. The number of H-pyrrole nitrogens is 1. The van der Waals surface area contributed by atoms with Crippen molar-refractivity contribution in [3.8, 4) is 34.0 Å². The number of aromatic nitrogens is 2. The highest BCUT2D eigenvalue weighted by Gasteiger charge is 2.15. The van der Waals surface area contributed by atoms with E-state index in [2.05, 4.69) is 9.97 Å². The summed E-state index contributed by atoms with van der Waals surface area (Å²) < 4.78 is 10.4. The smallest absolute Gasteiger partial charge is 0.225 e. The Kier molecular flexibility index (Phi) is 4.70. The second kappa shape index (κ2) is 7.09. The second-order valence-corrected chi connectivity index (χ2v) is 5.51. The molecular formula is C19H19N3O3.